The van der Waals surface area contributed by atoms with E-state index in [-0.39, 0.29) is 12.1 Å². The second-order valence-corrected chi connectivity index (χ2v) is 7.53. The largest absolute Gasteiger partial charge is 0.444 e. The minimum absolute atomic E-state index is 0.162. The van der Waals surface area contributed by atoms with Crippen molar-refractivity contribution in [1.29, 1.82) is 0 Å². The smallest absolute Gasteiger partial charge is 0.410 e. The number of aliphatic imine (C=N–C) groups is 1. The van der Waals surface area contributed by atoms with Gasteiger partial charge in [0.15, 0.2) is 5.96 Å². The number of amides is 1. The average Bonchev–Trinajstić information content (AvgIpc) is 2.51. The maximum absolute atomic E-state index is 12.0. The minimum Gasteiger partial charge on any atom is -0.444 e. The predicted molar refractivity (Wildman–Crippen MR) is 103 cm³/mol. The fourth-order valence-electron chi connectivity index (χ4n) is 2.42. The molecular weight excluding hydrogens is 332 g/mol. The van der Waals surface area contributed by atoms with Crippen LogP contribution < -0.4 is 15.5 Å². The number of likely N-dealkylation sites (tertiary alicyclic amines) is 1. The molecular formula is C18H30N6O2. The molecule has 1 aromatic rings. The van der Waals surface area contributed by atoms with E-state index in [1.54, 1.807) is 11.9 Å². The van der Waals surface area contributed by atoms with Crippen LogP contribution in [0.5, 0.6) is 0 Å². The lowest BCUT2D eigenvalue weighted by molar-refractivity contribution is 0.00701. The van der Waals surface area contributed by atoms with Crippen molar-refractivity contribution in [3.8, 4) is 0 Å². The Hall–Kier alpha value is -2.51. The van der Waals surface area contributed by atoms with Gasteiger partial charge in [0.1, 0.15) is 11.4 Å². The Balaban J connectivity index is 1.77. The molecule has 144 valence electrons. The van der Waals surface area contributed by atoms with Gasteiger partial charge in [0, 0.05) is 34.2 Å². The molecule has 1 aromatic heterocycles. The zero-order valence-electron chi connectivity index (χ0n) is 16.5. The molecule has 0 atom stereocenters. The van der Waals surface area contributed by atoms with Gasteiger partial charge in [-0.3, -0.25) is 4.99 Å². The number of carbonyl (C=O) groups is 1. The van der Waals surface area contributed by atoms with E-state index >= 15 is 0 Å². The summed E-state index contributed by atoms with van der Waals surface area (Å²) in [6, 6.07) is 6.09. The molecule has 1 aliphatic heterocycles. The molecule has 1 aliphatic rings. The number of guanidine groups is 1. The van der Waals surface area contributed by atoms with E-state index < -0.39 is 5.60 Å². The molecule has 1 amide bonds. The number of rotatable bonds is 4. The van der Waals surface area contributed by atoms with Crippen molar-refractivity contribution < 1.29 is 9.53 Å². The van der Waals surface area contributed by atoms with E-state index in [0.29, 0.717) is 25.6 Å². The number of nitrogens with one attached hydrogen (secondary N) is 2. The summed E-state index contributed by atoms with van der Waals surface area (Å²) in [7, 11) is 5.66. The molecule has 2 rings (SSSR count). The Morgan fingerprint density at radius 3 is 2.65 bits per heavy atom. The molecule has 1 saturated heterocycles. The first-order valence-electron chi connectivity index (χ1n) is 8.76. The SMILES string of the molecule is CN=C(NCc1cccc(N(C)C)n1)NC1CN(C(=O)OC(C)(C)C)C1. The topological polar surface area (TPSA) is 82.1 Å². The van der Waals surface area contributed by atoms with Gasteiger partial charge in [0.25, 0.3) is 0 Å². The van der Waals surface area contributed by atoms with Crippen LogP contribution >= 0.6 is 0 Å². The summed E-state index contributed by atoms with van der Waals surface area (Å²) >= 11 is 0. The number of hydrogen-bond donors (Lipinski definition) is 2. The molecule has 26 heavy (non-hydrogen) atoms. The number of carbonyl (C=O) groups excluding carboxylic acids is 1. The Bertz CT molecular complexity index is 647. The summed E-state index contributed by atoms with van der Waals surface area (Å²) in [4.78, 5) is 24.4. The molecule has 8 heteroatoms. The van der Waals surface area contributed by atoms with Crippen LogP contribution in [-0.4, -0.2) is 67.8 Å². The fraction of sp³-hybridized carbons (Fsp3) is 0.611. The van der Waals surface area contributed by atoms with E-state index in [9.17, 15) is 4.79 Å². The zero-order chi connectivity index (χ0) is 19.3. The lowest BCUT2D eigenvalue weighted by atomic mass is 10.1. The van der Waals surface area contributed by atoms with Crippen LogP contribution in [0.2, 0.25) is 0 Å². The Morgan fingerprint density at radius 2 is 2.08 bits per heavy atom. The summed E-state index contributed by atoms with van der Waals surface area (Å²) in [5.74, 6) is 1.61. The lowest BCUT2D eigenvalue weighted by Gasteiger charge is -2.40. The number of ether oxygens (including phenoxy) is 1. The van der Waals surface area contributed by atoms with E-state index in [1.807, 2.05) is 58.0 Å². The van der Waals surface area contributed by atoms with Crippen LogP contribution in [0, 0.1) is 0 Å². The Labute approximate surface area is 155 Å². The van der Waals surface area contributed by atoms with Gasteiger partial charge in [-0.15, -0.1) is 0 Å². The van der Waals surface area contributed by atoms with Gasteiger partial charge in [-0.1, -0.05) is 6.07 Å². The van der Waals surface area contributed by atoms with Crippen LogP contribution in [0.1, 0.15) is 26.5 Å². The van der Waals surface area contributed by atoms with E-state index in [0.717, 1.165) is 11.5 Å². The fourth-order valence-corrected chi connectivity index (χ4v) is 2.42. The van der Waals surface area contributed by atoms with Crippen molar-refractivity contribution in [2.45, 2.75) is 39.0 Å². The molecule has 1 fully saturated rings. The third kappa shape index (κ3) is 5.79. The maximum Gasteiger partial charge on any atom is 0.410 e. The van der Waals surface area contributed by atoms with E-state index in [1.165, 1.54) is 0 Å². The number of aromatic nitrogens is 1. The molecule has 8 nitrogen and oxygen atoms in total. The molecule has 0 aromatic carbocycles. The number of pyridine rings is 1. The van der Waals surface area contributed by atoms with Gasteiger partial charge in [0.05, 0.1) is 18.3 Å². The molecule has 0 spiro atoms. The highest BCUT2D eigenvalue weighted by molar-refractivity contribution is 5.80. The van der Waals surface area contributed by atoms with Crippen molar-refractivity contribution >= 4 is 17.9 Å². The molecule has 0 aliphatic carbocycles. The molecule has 0 saturated carbocycles. The number of anilines is 1. The van der Waals surface area contributed by atoms with Crippen molar-refractivity contribution in [1.82, 2.24) is 20.5 Å². The lowest BCUT2D eigenvalue weighted by Crippen LogP contribution is -2.63. The van der Waals surface area contributed by atoms with Gasteiger partial charge in [-0.25, -0.2) is 9.78 Å². The highest BCUT2D eigenvalue weighted by atomic mass is 16.6. The molecule has 2 N–H and O–H groups in total. The summed E-state index contributed by atoms with van der Waals surface area (Å²) in [6.45, 7) is 7.38. The van der Waals surface area contributed by atoms with Gasteiger partial charge >= 0.3 is 6.09 Å². The first kappa shape index (κ1) is 19.8. The number of nitrogens with zero attached hydrogens (tertiary/aromatic N) is 4. The van der Waals surface area contributed by atoms with Crippen molar-refractivity contribution in [2.75, 3.05) is 39.1 Å². The van der Waals surface area contributed by atoms with E-state index in [2.05, 4.69) is 20.6 Å². The monoisotopic (exact) mass is 362 g/mol. The first-order chi connectivity index (χ1) is 12.2. The van der Waals surface area contributed by atoms with Crippen LogP contribution in [0.3, 0.4) is 0 Å². The van der Waals surface area contributed by atoms with Crippen LogP contribution in [0.25, 0.3) is 0 Å². The quantitative estimate of drug-likeness (QED) is 0.623. The van der Waals surface area contributed by atoms with Crippen LogP contribution in [-0.2, 0) is 11.3 Å². The summed E-state index contributed by atoms with van der Waals surface area (Å²) in [5, 5.41) is 6.57. The second-order valence-electron chi connectivity index (χ2n) is 7.53. The number of hydrogen-bond acceptors (Lipinski definition) is 5. The average molecular weight is 362 g/mol. The first-order valence-corrected chi connectivity index (χ1v) is 8.76. The molecule has 2 heterocycles. The third-order valence-electron chi connectivity index (χ3n) is 3.78. The maximum atomic E-state index is 12.0. The summed E-state index contributed by atoms with van der Waals surface area (Å²) in [5.41, 5.74) is 0.463. The van der Waals surface area contributed by atoms with Crippen molar-refractivity contribution in [3.63, 3.8) is 0 Å². The summed E-state index contributed by atoms with van der Waals surface area (Å²) < 4.78 is 5.36. The highest BCUT2D eigenvalue weighted by Crippen LogP contribution is 2.15. The molecule has 0 bridgehead atoms. The summed E-state index contributed by atoms with van der Waals surface area (Å²) in [6.07, 6.45) is -0.275. The second kappa shape index (κ2) is 8.25. The highest BCUT2D eigenvalue weighted by Gasteiger charge is 2.34. The predicted octanol–water partition coefficient (Wildman–Crippen LogP) is 1.43. The normalized spacial score (nSPS) is 15.3. The van der Waals surface area contributed by atoms with Crippen LogP contribution in [0.4, 0.5) is 10.6 Å². The van der Waals surface area contributed by atoms with Gasteiger partial charge in [-0.2, -0.15) is 0 Å². The van der Waals surface area contributed by atoms with Crippen LogP contribution in [0.15, 0.2) is 23.2 Å². The standard InChI is InChI=1S/C18H30N6O2/c1-18(2,3)26-17(25)24-11-14(12-24)22-16(19-4)20-10-13-8-7-9-15(21-13)23(5)6/h7-9,14H,10-12H2,1-6H3,(H2,19,20,22). The van der Waals surface area contributed by atoms with E-state index in [4.69, 9.17) is 4.74 Å². The van der Waals surface area contributed by atoms with Crippen molar-refractivity contribution in [2.24, 2.45) is 4.99 Å². The van der Waals surface area contributed by atoms with Crippen molar-refractivity contribution in [3.05, 3.63) is 23.9 Å². The molecule has 0 unspecified atom stereocenters. The third-order valence-corrected chi connectivity index (χ3v) is 3.78. The minimum atomic E-state index is -0.471. The Kier molecular flexibility index (Phi) is 6.28. The van der Waals surface area contributed by atoms with Gasteiger partial charge < -0.3 is 25.2 Å². The van der Waals surface area contributed by atoms with Gasteiger partial charge in [0.2, 0.25) is 0 Å². The zero-order valence-corrected chi connectivity index (χ0v) is 16.5. The Morgan fingerprint density at radius 1 is 1.38 bits per heavy atom. The van der Waals surface area contributed by atoms with Gasteiger partial charge in [-0.05, 0) is 32.9 Å². The molecule has 0 radical (unpaired) electrons.